The van der Waals surface area contributed by atoms with Gasteiger partial charge >= 0.3 is 5.97 Å². The molecule has 5 nitrogen and oxygen atoms in total. The van der Waals surface area contributed by atoms with Crippen LogP contribution in [-0.4, -0.2) is 17.6 Å². The van der Waals surface area contributed by atoms with Gasteiger partial charge in [0, 0.05) is 22.7 Å². The Bertz CT molecular complexity index is 797. The van der Waals surface area contributed by atoms with Crippen LogP contribution in [0.1, 0.15) is 27.2 Å². The predicted octanol–water partition coefficient (Wildman–Crippen LogP) is 2.63. The van der Waals surface area contributed by atoms with Gasteiger partial charge in [-0.3, -0.25) is 4.79 Å². The molecule has 1 aliphatic rings. The van der Waals surface area contributed by atoms with Crippen LogP contribution in [0.2, 0.25) is 5.02 Å². The van der Waals surface area contributed by atoms with E-state index in [9.17, 15) is 9.59 Å². The van der Waals surface area contributed by atoms with Crippen molar-refractivity contribution >= 4 is 17.6 Å². The average molecular weight is 320 g/mol. The second kappa shape index (κ2) is 5.85. The van der Waals surface area contributed by atoms with Crippen LogP contribution in [-0.2, 0) is 17.8 Å². The van der Waals surface area contributed by atoms with Gasteiger partial charge in [0.1, 0.15) is 17.9 Å². The largest absolute Gasteiger partial charge is 0.493 e. The maximum Gasteiger partial charge on any atom is 0.344 e. The van der Waals surface area contributed by atoms with Gasteiger partial charge in [-0.05, 0) is 36.8 Å². The number of benzene rings is 1. The smallest absolute Gasteiger partial charge is 0.344 e. The Kier molecular flexibility index (Phi) is 3.90. The molecule has 0 fully saturated rings. The van der Waals surface area contributed by atoms with Gasteiger partial charge in [0.2, 0.25) is 0 Å². The van der Waals surface area contributed by atoms with Crippen molar-refractivity contribution < 1.29 is 14.3 Å². The molecule has 0 saturated carbocycles. The van der Waals surface area contributed by atoms with Gasteiger partial charge in [-0.2, -0.15) is 0 Å². The number of carbonyl (C=O) groups excluding carboxylic acids is 1. The average Bonchev–Trinajstić information content (AvgIpc) is 2.92. The zero-order chi connectivity index (χ0) is 15.7. The van der Waals surface area contributed by atoms with Gasteiger partial charge in [-0.25, -0.2) is 4.79 Å². The first-order chi connectivity index (χ1) is 10.5. The Labute approximate surface area is 131 Å². The van der Waals surface area contributed by atoms with E-state index in [1.807, 2.05) is 6.07 Å². The first-order valence-electron chi connectivity index (χ1n) is 6.86. The lowest BCUT2D eigenvalue weighted by Crippen LogP contribution is -2.20. The molecule has 1 aliphatic heterocycles. The van der Waals surface area contributed by atoms with Crippen molar-refractivity contribution in [1.29, 1.82) is 0 Å². The minimum absolute atomic E-state index is 0.00897. The normalized spacial score (nSPS) is 12.6. The van der Waals surface area contributed by atoms with E-state index in [0.717, 1.165) is 17.7 Å². The maximum atomic E-state index is 12.0. The highest BCUT2D eigenvalue weighted by Crippen LogP contribution is 2.33. The summed E-state index contributed by atoms with van der Waals surface area (Å²) in [4.78, 5) is 26.3. The topological polar surface area (TPSA) is 68.4 Å². The van der Waals surface area contributed by atoms with Gasteiger partial charge in [-0.15, -0.1) is 0 Å². The summed E-state index contributed by atoms with van der Waals surface area (Å²) in [5.74, 6) is 0.0444. The Hall–Kier alpha value is -2.27. The van der Waals surface area contributed by atoms with Crippen molar-refractivity contribution in [3.05, 3.63) is 62.0 Å². The molecule has 0 radical (unpaired) electrons. The number of rotatable bonds is 3. The lowest BCUT2D eigenvalue weighted by atomic mass is 10.1. The first-order valence-corrected chi connectivity index (χ1v) is 7.23. The van der Waals surface area contributed by atoms with Crippen LogP contribution in [0.5, 0.6) is 5.75 Å². The van der Waals surface area contributed by atoms with E-state index in [1.165, 1.54) is 6.07 Å². The molecule has 0 bridgehead atoms. The van der Waals surface area contributed by atoms with E-state index in [0.29, 0.717) is 22.9 Å². The Morgan fingerprint density at radius 1 is 1.41 bits per heavy atom. The zero-order valence-corrected chi connectivity index (χ0v) is 12.7. The number of aryl methyl sites for hydroxylation is 1. The molecule has 0 atom stereocenters. The molecule has 1 aromatic heterocycles. The summed E-state index contributed by atoms with van der Waals surface area (Å²) in [5.41, 5.74) is 1.91. The molecule has 0 amide bonds. The highest BCUT2D eigenvalue weighted by molar-refractivity contribution is 6.30. The summed E-state index contributed by atoms with van der Waals surface area (Å²) < 4.78 is 10.8. The third-order valence-electron chi connectivity index (χ3n) is 3.46. The lowest BCUT2D eigenvalue weighted by Gasteiger charge is -2.10. The van der Waals surface area contributed by atoms with Crippen LogP contribution in [0.15, 0.2) is 29.1 Å². The van der Waals surface area contributed by atoms with E-state index in [2.05, 4.69) is 4.98 Å². The monoisotopic (exact) mass is 319 g/mol. The molecular formula is C16H14ClNO4. The van der Waals surface area contributed by atoms with Crippen molar-refractivity contribution in [2.24, 2.45) is 0 Å². The summed E-state index contributed by atoms with van der Waals surface area (Å²) in [7, 11) is 0. The molecule has 0 aliphatic carbocycles. The van der Waals surface area contributed by atoms with Crippen LogP contribution < -0.4 is 10.3 Å². The van der Waals surface area contributed by atoms with Crippen molar-refractivity contribution in [1.82, 2.24) is 4.98 Å². The number of aromatic amines is 1. The summed E-state index contributed by atoms with van der Waals surface area (Å²) >= 11 is 6.05. The van der Waals surface area contributed by atoms with E-state index >= 15 is 0 Å². The standard InChI is InChI=1S/C16H14ClNO4/c1-9-2-3-13(15(19)18-9)16(20)22-8-11-7-12(17)6-10-4-5-21-14(10)11/h2-3,6-7H,4-5,8H2,1H3,(H,18,19). The molecule has 3 rings (SSSR count). The van der Waals surface area contributed by atoms with E-state index < -0.39 is 11.5 Å². The van der Waals surface area contributed by atoms with Gasteiger partial charge in [-0.1, -0.05) is 11.6 Å². The van der Waals surface area contributed by atoms with Crippen LogP contribution in [0, 0.1) is 6.92 Å². The molecule has 114 valence electrons. The van der Waals surface area contributed by atoms with Crippen LogP contribution in [0.4, 0.5) is 0 Å². The maximum absolute atomic E-state index is 12.0. The summed E-state index contributed by atoms with van der Waals surface area (Å²) in [5, 5.41) is 0.573. The van der Waals surface area contributed by atoms with E-state index in [-0.39, 0.29) is 12.2 Å². The SMILES string of the molecule is Cc1ccc(C(=O)OCc2cc(Cl)cc3c2OCC3)c(=O)[nH]1. The number of esters is 1. The molecule has 0 unspecified atom stereocenters. The van der Waals surface area contributed by atoms with Crippen LogP contribution in [0.25, 0.3) is 0 Å². The molecule has 1 aromatic carbocycles. The fraction of sp³-hybridized carbons (Fsp3) is 0.250. The van der Waals surface area contributed by atoms with E-state index in [1.54, 1.807) is 19.1 Å². The van der Waals surface area contributed by atoms with Crippen molar-refractivity contribution in [2.75, 3.05) is 6.61 Å². The second-order valence-corrected chi connectivity index (χ2v) is 5.55. The molecule has 22 heavy (non-hydrogen) atoms. The minimum Gasteiger partial charge on any atom is -0.493 e. The lowest BCUT2D eigenvalue weighted by molar-refractivity contribution is 0.0468. The fourth-order valence-corrected chi connectivity index (χ4v) is 2.67. The highest BCUT2D eigenvalue weighted by Gasteiger charge is 2.19. The summed E-state index contributed by atoms with van der Waals surface area (Å²) in [6.45, 7) is 2.34. The van der Waals surface area contributed by atoms with Crippen molar-refractivity contribution in [2.45, 2.75) is 20.0 Å². The number of pyridine rings is 1. The number of aromatic nitrogens is 1. The molecular weight excluding hydrogens is 306 g/mol. The second-order valence-electron chi connectivity index (χ2n) is 5.11. The Morgan fingerprint density at radius 3 is 3.00 bits per heavy atom. The highest BCUT2D eigenvalue weighted by atomic mass is 35.5. The third-order valence-corrected chi connectivity index (χ3v) is 3.68. The van der Waals surface area contributed by atoms with Gasteiger partial charge in [0.25, 0.3) is 5.56 Å². The fourth-order valence-electron chi connectivity index (χ4n) is 2.41. The minimum atomic E-state index is -0.673. The third kappa shape index (κ3) is 2.85. The number of ether oxygens (including phenoxy) is 2. The number of halogens is 1. The van der Waals surface area contributed by atoms with E-state index in [4.69, 9.17) is 21.1 Å². The number of H-pyrrole nitrogens is 1. The first kappa shape index (κ1) is 14.7. The molecule has 2 heterocycles. The Morgan fingerprint density at radius 2 is 2.23 bits per heavy atom. The zero-order valence-electron chi connectivity index (χ0n) is 11.9. The van der Waals surface area contributed by atoms with Gasteiger partial charge < -0.3 is 14.5 Å². The molecule has 0 spiro atoms. The summed E-state index contributed by atoms with van der Waals surface area (Å²) in [6.07, 6.45) is 0.786. The number of carbonyl (C=O) groups is 1. The van der Waals surface area contributed by atoms with Crippen LogP contribution >= 0.6 is 11.6 Å². The van der Waals surface area contributed by atoms with Crippen molar-refractivity contribution in [3.8, 4) is 5.75 Å². The van der Waals surface area contributed by atoms with Gasteiger partial charge in [0.05, 0.1) is 6.61 Å². The number of fused-ring (bicyclic) bond motifs is 1. The number of hydrogen-bond acceptors (Lipinski definition) is 4. The van der Waals surface area contributed by atoms with Crippen molar-refractivity contribution in [3.63, 3.8) is 0 Å². The predicted molar refractivity (Wildman–Crippen MR) is 81.6 cm³/mol. The summed E-state index contributed by atoms with van der Waals surface area (Å²) in [6, 6.07) is 6.66. The molecule has 2 aromatic rings. The van der Waals surface area contributed by atoms with Gasteiger partial charge in [0.15, 0.2) is 0 Å². The molecule has 1 N–H and O–H groups in total. The molecule has 0 saturated heterocycles. The quantitative estimate of drug-likeness (QED) is 0.883. The number of hydrogen-bond donors (Lipinski definition) is 1. The molecule has 6 heteroatoms. The Balaban J connectivity index is 1.78. The van der Waals surface area contributed by atoms with Crippen LogP contribution in [0.3, 0.4) is 0 Å². The number of nitrogens with one attached hydrogen (secondary N) is 1.